The molecular formula is C18H26N4O. The average Bonchev–Trinajstić information content (AvgIpc) is 3.13. The first-order chi connectivity index (χ1) is 11.2. The first-order valence-electron chi connectivity index (χ1n) is 8.36. The van der Waals surface area contributed by atoms with Gasteiger partial charge in [-0.1, -0.05) is 18.2 Å². The molecule has 1 fully saturated rings. The van der Waals surface area contributed by atoms with Gasteiger partial charge in [0.25, 0.3) is 0 Å². The maximum atomic E-state index is 9.10. The first kappa shape index (κ1) is 16.0. The number of aliphatic hydroxyl groups is 1. The third kappa shape index (κ3) is 3.57. The summed E-state index contributed by atoms with van der Waals surface area (Å²) in [6.45, 7) is 7.81. The Labute approximate surface area is 137 Å². The van der Waals surface area contributed by atoms with Crippen LogP contribution in [-0.4, -0.2) is 40.6 Å². The molecule has 2 heterocycles. The molecule has 0 amide bonds. The molecule has 1 aliphatic heterocycles. The second-order valence-corrected chi connectivity index (χ2v) is 6.24. The lowest BCUT2D eigenvalue weighted by Gasteiger charge is -2.19. The molecular weight excluding hydrogens is 288 g/mol. The number of hydrogen-bond acceptors (Lipinski definition) is 4. The molecule has 2 N–H and O–H groups in total. The van der Waals surface area contributed by atoms with Crippen LogP contribution in [0.5, 0.6) is 0 Å². The fourth-order valence-corrected chi connectivity index (χ4v) is 3.35. The Bertz CT molecular complexity index is 638. The van der Waals surface area contributed by atoms with Crippen LogP contribution in [0, 0.1) is 13.8 Å². The van der Waals surface area contributed by atoms with Crippen LogP contribution in [0.4, 0.5) is 5.69 Å². The van der Waals surface area contributed by atoms with Gasteiger partial charge in [0.15, 0.2) is 0 Å². The molecule has 1 aromatic heterocycles. The first-order valence-corrected chi connectivity index (χ1v) is 8.36. The molecule has 0 bridgehead atoms. The Kier molecular flexibility index (Phi) is 4.98. The van der Waals surface area contributed by atoms with Gasteiger partial charge in [-0.25, -0.2) is 0 Å². The largest absolute Gasteiger partial charge is 0.394 e. The highest BCUT2D eigenvalue weighted by atomic mass is 16.3. The summed E-state index contributed by atoms with van der Waals surface area (Å²) in [7, 11) is 0. The van der Waals surface area contributed by atoms with Gasteiger partial charge >= 0.3 is 0 Å². The van der Waals surface area contributed by atoms with Crippen molar-refractivity contribution >= 4 is 5.69 Å². The van der Waals surface area contributed by atoms with E-state index in [1.165, 1.54) is 11.3 Å². The standard InChI is InChI=1S/C18H26N4O/c1-14-18(15(2)22(20-14)10-11-23)12-19-16-8-9-21(13-16)17-6-4-3-5-7-17/h3-7,16,19,23H,8-13H2,1-2H3. The summed E-state index contributed by atoms with van der Waals surface area (Å²) >= 11 is 0. The van der Waals surface area contributed by atoms with Crippen molar-refractivity contribution in [3.05, 3.63) is 47.3 Å². The van der Waals surface area contributed by atoms with Crippen molar-refractivity contribution in [1.29, 1.82) is 0 Å². The van der Waals surface area contributed by atoms with E-state index in [4.69, 9.17) is 5.11 Å². The zero-order chi connectivity index (χ0) is 16.2. The molecule has 1 aliphatic rings. The number of aryl methyl sites for hydroxylation is 1. The number of aliphatic hydroxyl groups excluding tert-OH is 1. The van der Waals surface area contributed by atoms with E-state index in [1.54, 1.807) is 0 Å². The second kappa shape index (κ2) is 7.15. The number of anilines is 1. The molecule has 1 atom stereocenters. The quantitative estimate of drug-likeness (QED) is 0.854. The molecule has 1 unspecified atom stereocenters. The Morgan fingerprint density at radius 3 is 2.78 bits per heavy atom. The lowest BCUT2D eigenvalue weighted by Crippen LogP contribution is -2.32. The molecule has 2 aromatic rings. The zero-order valence-electron chi connectivity index (χ0n) is 14.0. The summed E-state index contributed by atoms with van der Waals surface area (Å²) in [5.41, 5.74) is 4.78. The third-order valence-corrected chi connectivity index (χ3v) is 4.72. The van der Waals surface area contributed by atoms with Crippen LogP contribution in [-0.2, 0) is 13.1 Å². The van der Waals surface area contributed by atoms with Crippen molar-refractivity contribution in [2.24, 2.45) is 0 Å². The van der Waals surface area contributed by atoms with Crippen molar-refractivity contribution in [1.82, 2.24) is 15.1 Å². The number of rotatable bonds is 6. The molecule has 1 aromatic carbocycles. The van der Waals surface area contributed by atoms with Crippen LogP contribution in [0.15, 0.2) is 30.3 Å². The molecule has 0 spiro atoms. The van der Waals surface area contributed by atoms with Crippen LogP contribution in [0.3, 0.4) is 0 Å². The van der Waals surface area contributed by atoms with Crippen LogP contribution in [0.2, 0.25) is 0 Å². The molecule has 5 heteroatoms. The van der Waals surface area contributed by atoms with Crippen LogP contribution < -0.4 is 10.2 Å². The van der Waals surface area contributed by atoms with Gasteiger partial charge in [-0.05, 0) is 32.4 Å². The molecule has 0 saturated carbocycles. The summed E-state index contributed by atoms with van der Waals surface area (Å²) < 4.78 is 1.90. The molecule has 1 saturated heterocycles. The number of benzene rings is 1. The van der Waals surface area contributed by atoms with Gasteiger partial charge in [-0.15, -0.1) is 0 Å². The molecule has 23 heavy (non-hydrogen) atoms. The van der Waals surface area contributed by atoms with Gasteiger partial charge in [0.05, 0.1) is 18.8 Å². The molecule has 5 nitrogen and oxygen atoms in total. The van der Waals surface area contributed by atoms with Crippen molar-refractivity contribution in [2.75, 3.05) is 24.6 Å². The third-order valence-electron chi connectivity index (χ3n) is 4.72. The van der Waals surface area contributed by atoms with E-state index in [9.17, 15) is 0 Å². The zero-order valence-corrected chi connectivity index (χ0v) is 14.0. The fourth-order valence-electron chi connectivity index (χ4n) is 3.35. The highest BCUT2D eigenvalue weighted by Gasteiger charge is 2.23. The lowest BCUT2D eigenvalue weighted by molar-refractivity contribution is 0.267. The fraction of sp³-hybridized carbons (Fsp3) is 0.500. The normalized spacial score (nSPS) is 17.9. The molecule has 124 valence electrons. The van der Waals surface area contributed by atoms with Crippen LogP contribution in [0.1, 0.15) is 23.4 Å². The van der Waals surface area contributed by atoms with E-state index < -0.39 is 0 Å². The molecule has 3 rings (SSSR count). The smallest absolute Gasteiger partial charge is 0.0644 e. The minimum absolute atomic E-state index is 0.128. The topological polar surface area (TPSA) is 53.3 Å². The average molecular weight is 314 g/mol. The number of nitrogens with one attached hydrogen (secondary N) is 1. The second-order valence-electron chi connectivity index (χ2n) is 6.24. The van der Waals surface area contributed by atoms with Crippen LogP contribution >= 0.6 is 0 Å². The number of aromatic nitrogens is 2. The summed E-state index contributed by atoms with van der Waals surface area (Å²) in [5, 5.41) is 17.3. The van der Waals surface area contributed by atoms with Crippen molar-refractivity contribution < 1.29 is 5.11 Å². The van der Waals surface area contributed by atoms with Crippen molar-refractivity contribution in [3.63, 3.8) is 0 Å². The summed E-state index contributed by atoms with van der Waals surface area (Å²) in [6.07, 6.45) is 1.16. The van der Waals surface area contributed by atoms with Gasteiger partial charge in [0.1, 0.15) is 0 Å². The van der Waals surface area contributed by atoms with Gasteiger partial charge in [0.2, 0.25) is 0 Å². The number of hydrogen-bond donors (Lipinski definition) is 2. The minimum atomic E-state index is 0.128. The summed E-state index contributed by atoms with van der Waals surface area (Å²) in [5.74, 6) is 0. The highest BCUT2D eigenvalue weighted by Crippen LogP contribution is 2.20. The Balaban J connectivity index is 1.58. The Morgan fingerprint density at radius 2 is 2.04 bits per heavy atom. The maximum Gasteiger partial charge on any atom is 0.0644 e. The van der Waals surface area contributed by atoms with E-state index in [2.05, 4.69) is 52.6 Å². The number of nitrogens with zero attached hydrogens (tertiary/aromatic N) is 3. The van der Waals surface area contributed by atoms with Crippen LogP contribution in [0.25, 0.3) is 0 Å². The van der Waals surface area contributed by atoms with Gasteiger partial charge in [0, 0.05) is 42.6 Å². The number of para-hydroxylation sites is 1. The minimum Gasteiger partial charge on any atom is -0.394 e. The van der Waals surface area contributed by atoms with Crippen molar-refractivity contribution in [3.8, 4) is 0 Å². The van der Waals surface area contributed by atoms with E-state index in [0.717, 1.165) is 37.4 Å². The van der Waals surface area contributed by atoms with Gasteiger partial charge in [-0.2, -0.15) is 5.10 Å². The van der Waals surface area contributed by atoms with Crippen molar-refractivity contribution in [2.45, 2.75) is 39.4 Å². The van der Waals surface area contributed by atoms with Gasteiger partial charge in [-0.3, -0.25) is 4.68 Å². The molecule has 0 radical (unpaired) electrons. The van der Waals surface area contributed by atoms with E-state index in [1.807, 2.05) is 11.6 Å². The van der Waals surface area contributed by atoms with E-state index >= 15 is 0 Å². The maximum absolute atomic E-state index is 9.10. The lowest BCUT2D eigenvalue weighted by atomic mass is 10.1. The predicted octanol–water partition coefficient (Wildman–Crippen LogP) is 1.86. The summed E-state index contributed by atoms with van der Waals surface area (Å²) in [4.78, 5) is 2.44. The Morgan fingerprint density at radius 1 is 1.26 bits per heavy atom. The summed E-state index contributed by atoms with van der Waals surface area (Å²) in [6, 6.07) is 11.1. The monoisotopic (exact) mass is 314 g/mol. The predicted molar refractivity (Wildman–Crippen MR) is 92.7 cm³/mol. The Hall–Kier alpha value is -1.85. The van der Waals surface area contributed by atoms with Gasteiger partial charge < -0.3 is 15.3 Å². The molecule has 0 aliphatic carbocycles. The van der Waals surface area contributed by atoms with E-state index in [0.29, 0.717) is 12.6 Å². The SMILES string of the molecule is Cc1nn(CCO)c(C)c1CNC1CCN(c2ccccc2)C1. The highest BCUT2D eigenvalue weighted by molar-refractivity contribution is 5.47. The van der Waals surface area contributed by atoms with E-state index in [-0.39, 0.29) is 6.61 Å².